The van der Waals surface area contributed by atoms with Gasteiger partial charge in [-0.3, -0.25) is 10.1 Å². The van der Waals surface area contributed by atoms with Gasteiger partial charge in [-0.05, 0) is 30.8 Å². The number of benzene rings is 2. The highest BCUT2D eigenvalue weighted by molar-refractivity contribution is 9.10. The monoisotopic (exact) mass is 370 g/mol. The fourth-order valence-electron chi connectivity index (χ4n) is 1.78. The number of ether oxygens (including phenoxy) is 1. The van der Waals surface area contributed by atoms with Gasteiger partial charge in [0.1, 0.15) is 11.5 Å². The van der Waals surface area contributed by atoms with E-state index in [4.69, 9.17) is 16.3 Å². The zero-order valence-electron chi connectivity index (χ0n) is 11.1. The molecule has 0 heterocycles. The molecule has 7 heteroatoms. The highest BCUT2D eigenvalue weighted by Crippen LogP contribution is 2.33. The van der Waals surface area contributed by atoms with Crippen molar-refractivity contribution < 1.29 is 9.66 Å². The van der Waals surface area contributed by atoms with Gasteiger partial charge in [0.05, 0.1) is 16.0 Å². The van der Waals surface area contributed by atoms with Crippen molar-refractivity contribution >= 4 is 33.2 Å². The number of rotatable bonds is 5. The van der Waals surface area contributed by atoms with Gasteiger partial charge in [-0.1, -0.05) is 33.6 Å². The van der Waals surface area contributed by atoms with Crippen LogP contribution < -0.4 is 10.1 Å². The first-order valence-electron chi connectivity index (χ1n) is 6.05. The summed E-state index contributed by atoms with van der Waals surface area (Å²) in [6, 6.07) is 9.81. The minimum absolute atomic E-state index is 0.0534. The smallest absolute Gasteiger partial charge is 0.274 e. The molecule has 1 N–H and O–H groups in total. The van der Waals surface area contributed by atoms with E-state index >= 15 is 0 Å². The van der Waals surface area contributed by atoms with Crippen molar-refractivity contribution in [3.63, 3.8) is 0 Å². The summed E-state index contributed by atoms with van der Waals surface area (Å²) >= 11 is 9.38. The van der Waals surface area contributed by atoms with Gasteiger partial charge in [-0.2, -0.15) is 0 Å². The van der Waals surface area contributed by atoms with E-state index in [0.717, 1.165) is 5.56 Å². The quantitative estimate of drug-likeness (QED) is 0.620. The molecule has 0 aliphatic rings. The summed E-state index contributed by atoms with van der Waals surface area (Å²) in [6.07, 6.45) is 0. The van der Waals surface area contributed by atoms with Crippen molar-refractivity contribution in [3.8, 4) is 11.5 Å². The third kappa shape index (κ3) is 4.17. The van der Waals surface area contributed by atoms with E-state index in [9.17, 15) is 10.1 Å². The van der Waals surface area contributed by atoms with Crippen LogP contribution in [0.4, 0.5) is 5.69 Å². The van der Waals surface area contributed by atoms with Crippen molar-refractivity contribution in [1.29, 1.82) is 0 Å². The number of halogens is 2. The minimum atomic E-state index is -0.477. The Labute approximate surface area is 135 Å². The van der Waals surface area contributed by atoms with Crippen molar-refractivity contribution in [1.82, 2.24) is 5.32 Å². The number of nitro groups is 1. The summed E-state index contributed by atoms with van der Waals surface area (Å²) in [6.45, 7) is 0.697. The molecular weight excluding hydrogens is 360 g/mol. The second kappa shape index (κ2) is 6.89. The highest BCUT2D eigenvalue weighted by Gasteiger charge is 2.11. The van der Waals surface area contributed by atoms with Crippen LogP contribution in [-0.2, 0) is 6.54 Å². The number of hydrogen-bond acceptors (Lipinski definition) is 4. The maximum Gasteiger partial charge on any atom is 0.274 e. The molecule has 0 unspecified atom stereocenters. The molecule has 0 radical (unpaired) electrons. The summed E-state index contributed by atoms with van der Waals surface area (Å²) < 4.78 is 6.19. The Morgan fingerprint density at radius 2 is 2.10 bits per heavy atom. The second-order valence-corrected chi connectivity index (χ2v) is 5.62. The van der Waals surface area contributed by atoms with Crippen LogP contribution >= 0.6 is 27.5 Å². The molecule has 110 valence electrons. The van der Waals surface area contributed by atoms with E-state index in [1.807, 2.05) is 13.1 Å². The molecule has 0 aliphatic carbocycles. The molecule has 0 saturated heterocycles. The second-order valence-electron chi connectivity index (χ2n) is 4.30. The van der Waals surface area contributed by atoms with Gasteiger partial charge in [-0.25, -0.2) is 0 Å². The van der Waals surface area contributed by atoms with Crippen LogP contribution in [-0.4, -0.2) is 12.0 Å². The summed E-state index contributed by atoms with van der Waals surface area (Å²) in [5, 5.41) is 14.3. The molecule has 0 fully saturated rings. The molecule has 0 aliphatic heterocycles. The lowest BCUT2D eigenvalue weighted by atomic mass is 10.2. The van der Waals surface area contributed by atoms with E-state index < -0.39 is 4.92 Å². The van der Waals surface area contributed by atoms with Crippen LogP contribution in [0.15, 0.2) is 40.9 Å². The van der Waals surface area contributed by atoms with Crippen LogP contribution in [0.5, 0.6) is 11.5 Å². The van der Waals surface area contributed by atoms with Crippen LogP contribution in [0.25, 0.3) is 0 Å². The van der Waals surface area contributed by atoms with Crippen molar-refractivity contribution in [3.05, 3.63) is 61.6 Å². The molecule has 0 bridgehead atoms. The topological polar surface area (TPSA) is 64.4 Å². The first kappa shape index (κ1) is 15.8. The fourth-order valence-corrected chi connectivity index (χ4v) is 2.48. The third-order valence-corrected chi connectivity index (χ3v) is 3.43. The van der Waals surface area contributed by atoms with Crippen LogP contribution in [0.2, 0.25) is 5.02 Å². The third-order valence-electron chi connectivity index (χ3n) is 2.67. The van der Waals surface area contributed by atoms with Crippen LogP contribution in [0, 0.1) is 10.1 Å². The number of non-ortho nitro benzene ring substituents is 1. The molecule has 0 spiro atoms. The van der Waals surface area contributed by atoms with Gasteiger partial charge in [0.25, 0.3) is 5.69 Å². The first-order valence-corrected chi connectivity index (χ1v) is 7.22. The molecule has 0 amide bonds. The predicted octanol–water partition coefficient (Wildman–Crippen LogP) is 4.52. The summed E-state index contributed by atoms with van der Waals surface area (Å²) in [5.41, 5.74) is 0.970. The average Bonchev–Trinajstić information content (AvgIpc) is 2.41. The summed E-state index contributed by atoms with van der Waals surface area (Å²) in [4.78, 5) is 10.4. The molecule has 2 aromatic carbocycles. The van der Waals surface area contributed by atoms with E-state index in [0.29, 0.717) is 27.5 Å². The van der Waals surface area contributed by atoms with Gasteiger partial charge in [0.15, 0.2) is 0 Å². The maximum atomic E-state index is 10.8. The van der Waals surface area contributed by atoms with Crippen LogP contribution in [0.3, 0.4) is 0 Å². The predicted molar refractivity (Wildman–Crippen MR) is 85.1 cm³/mol. The molecule has 0 saturated carbocycles. The van der Waals surface area contributed by atoms with E-state index in [1.54, 1.807) is 18.2 Å². The minimum Gasteiger partial charge on any atom is -0.456 e. The van der Waals surface area contributed by atoms with Crippen LogP contribution in [0.1, 0.15) is 5.56 Å². The zero-order valence-corrected chi connectivity index (χ0v) is 13.4. The maximum absolute atomic E-state index is 10.8. The number of hydrogen-bond donors (Lipinski definition) is 1. The largest absolute Gasteiger partial charge is 0.456 e. The number of nitro benzene ring substituents is 1. The Morgan fingerprint density at radius 1 is 1.33 bits per heavy atom. The number of nitrogens with zero attached hydrogens (tertiary/aromatic N) is 1. The molecule has 0 aromatic heterocycles. The Hall–Kier alpha value is -1.63. The Morgan fingerprint density at radius 3 is 2.71 bits per heavy atom. The van der Waals surface area contributed by atoms with Gasteiger partial charge in [-0.15, -0.1) is 0 Å². The van der Waals surface area contributed by atoms with E-state index in [1.165, 1.54) is 12.1 Å². The number of nitrogens with one attached hydrogen (secondary N) is 1. The Balaban J connectivity index is 2.27. The summed E-state index contributed by atoms with van der Waals surface area (Å²) in [7, 11) is 1.85. The Bertz CT molecular complexity index is 679. The van der Waals surface area contributed by atoms with Gasteiger partial charge >= 0.3 is 0 Å². The highest BCUT2D eigenvalue weighted by atomic mass is 79.9. The zero-order chi connectivity index (χ0) is 15.4. The average molecular weight is 372 g/mol. The molecule has 2 rings (SSSR count). The van der Waals surface area contributed by atoms with Gasteiger partial charge in [0.2, 0.25) is 0 Å². The fraction of sp³-hybridized carbons (Fsp3) is 0.143. The lowest BCUT2D eigenvalue weighted by molar-refractivity contribution is -0.385. The van der Waals surface area contributed by atoms with Gasteiger partial charge < -0.3 is 10.1 Å². The molecule has 21 heavy (non-hydrogen) atoms. The van der Waals surface area contributed by atoms with Crippen molar-refractivity contribution in [2.45, 2.75) is 6.54 Å². The lowest BCUT2D eigenvalue weighted by Gasteiger charge is -2.09. The molecule has 5 nitrogen and oxygen atoms in total. The van der Waals surface area contributed by atoms with Gasteiger partial charge in [0, 0.05) is 17.1 Å². The van der Waals surface area contributed by atoms with E-state index in [-0.39, 0.29) is 5.69 Å². The van der Waals surface area contributed by atoms with E-state index in [2.05, 4.69) is 21.2 Å². The van der Waals surface area contributed by atoms with Crippen molar-refractivity contribution in [2.24, 2.45) is 0 Å². The molecular formula is C14H12BrClN2O3. The molecule has 2 aromatic rings. The SMILES string of the molecule is CNCc1ccc(Oc2cc(Br)cc([N+](=O)[O-])c2)c(Cl)c1. The van der Waals surface area contributed by atoms with Crippen molar-refractivity contribution in [2.75, 3.05) is 7.05 Å². The first-order chi connectivity index (χ1) is 9.99. The molecule has 0 atom stereocenters. The Kier molecular flexibility index (Phi) is 5.17. The summed E-state index contributed by atoms with van der Waals surface area (Å²) in [5.74, 6) is 0.795. The normalized spacial score (nSPS) is 10.4. The standard InChI is InChI=1S/C14H12BrClN2O3/c1-17-8-9-2-3-14(13(16)4-9)21-12-6-10(15)5-11(7-12)18(19)20/h2-7,17H,8H2,1H3. The lowest BCUT2D eigenvalue weighted by Crippen LogP contribution is -2.04.